The summed E-state index contributed by atoms with van der Waals surface area (Å²) >= 11 is 11.8. The summed E-state index contributed by atoms with van der Waals surface area (Å²) in [6.45, 7) is 6.56. The molecular weight excluding hydrogens is 592 g/mol. The second-order valence-corrected chi connectivity index (χ2v) is 9.45. The Hall–Kier alpha value is -4.22. The van der Waals surface area contributed by atoms with E-state index in [9.17, 15) is 14.4 Å². The molecular formula is C31H37ClN4O6S. The van der Waals surface area contributed by atoms with Crippen LogP contribution in [0.4, 0.5) is 11.5 Å². The third kappa shape index (κ3) is 9.13. The van der Waals surface area contributed by atoms with Crippen LogP contribution in [0, 0.1) is 0 Å². The lowest BCUT2D eigenvalue weighted by Gasteiger charge is -2.23. The van der Waals surface area contributed by atoms with Crippen molar-refractivity contribution in [2.45, 2.75) is 39.7 Å². The van der Waals surface area contributed by atoms with Gasteiger partial charge < -0.3 is 24.4 Å². The zero-order valence-corrected chi connectivity index (χ0v) is 26.7. The predicted octanol–water partition coefficient (Wildman–Crippen LogP) is 5.77. The van der Waals surface area contributed by atoms with Crippen LogP contribution >= 0.6 is 23.8 Å². The van der Waals surface area contributed by atoms with E-state index in [-0.39, 0.29) is 22.5 Å². The molecule has 3 aromatic rings. The Morgan fingerprint density at radius 3 is 2.23 bits per heavy atom. The number of thiocarbonyl (C=S) groups is 1. The van der Waals surface area contributed by atoms with Gasteiger partial charge in [-0.15, -0.1) is 0 Å². The van der Waals surface area contributed by atoms with E-state index < -0.39 is 5.97 Å². The molecule has 43 heavy (non-hydrogen) atoms. The molecule has 2 heterocycles. The Balaban J connectivity index is 0.000000415. The lowest BCUT2D eigenvalue weighted by atomic mass is 10.1. The highest BCUT2D eigenvalue weighted by atomic mass is 35.5. The first kappa shape index (κ1) is 35.0. The molecule has 1 saturated heterocycles. The van der Waals surface area contributed by atoms with Crippen molar-refractivity contribution in [3.05, 3.63) is 76.9 Å². The van der Waals surface area contributed by atoms with E-state index in [1.807, 2.05) is 49.9 Å². The molecule has 1 unspecified atom stereocenters. The zero-order valence-electron chi connectivity index (χ0n) is 25.1. The second kappa shape index (κ2) is 17.7. The van der Waals surface area contributed by atoms with Crippen LogP contribution in [0.3, 0.4) is 0 Å². The quantitative estimate of drug-likeness (QED) is 0.170. The molecule has 12 heteroatoms. The Morgan fingerprint density at radius 2 is 1.70 bits per heavy atom. The molecule has 2 aromatic carbocycles. The summed E-state index contributed by atoms with van der Waals surface area (Å²) in [7, 11) is 4.47. The van der Waals surface area contributed by atoms with Gasteiger partial charge >= 0.3 is 5.97 Å². The van der Waals surface area contributed by atoms with Gasteiger partial charge in [-0.05, 0) is 73.1 Å². The lowest BCUT2D eigenvalue weighted by molar-refractivity contribution is -0.119. The molecule has 0 bridgehead atoms. The van der Waals surface area contributed by atoms with E-state index in [4.69, 9.17) is 38.0 Å². The summed E-state index contributed by atoms with van der Waals surface area (Å²) in [5.74, 6) is 1.30. The summed E-state index contributed by atoms with van der Waals surface area (Å²) in [5, 5.41) is 3.08. The van der Waals surface area contributed by atoms with E-state index in [1.54, 1.807) is 38.5 Å². The van der Waals surface area contributed by atoms with E-state index >= 15 is 0 Å². The van der Waals surface area contributed by atoms with Gasteiger partial charge in [0.05, 0.1) is 43.8 Å². The normalized spacial score (nSPS) is 13.7. The number of benzene rings is 2. The molecule has 230 valence electrons. The molecule has 1 aromatic heterocycles. The average molecular weight is 629 g/mol. The van der Waals surface area contributed by atoms with Crippen molar-refractivity contribution in [1.82, 2.24) is 9.88 Å². The number of pyridine rings is 1. The summed E-state index contributed by atoms with van der Waals surface area (Å²) < 4.78 is 14.8. The molecule has 10 nitrogen and oxygen atoms in total. The van der Waals surface area contributed by atoms with Crippen molar-refractivity contribution >= 4 is 58.7 Å². The SMILES string of the molecule is CC.CCC1C(=O)N(c2ccc(Cl)c(C(=O)OC)c2)C(=S)N1CCc1ccc(OC)cc1.COc1ccc(NC=O)nc1. The summed E-state index contributed by atoms with van der Waals surface area (Å²) in [4.78, 5) is 42.3. The Morgan fingerprint density at radius 1 is 1.05 bits per heavy atom. The molecule has 1 atom stereocenters. The van der Waals surface area contributed by atoms with Crippen LogP contribution in [-0.2, 0) is 20.7 Å². The minimum Gasteiger partial charge on any atom is -0.497 e. The van der Waals surface area contributed by atoms with E-state index in [0.29, 0.717) is 41.7 Å². The van der Waals surface area contributed by atoms with Gasteiger partial charge in [0.25, 0.3) is 5.91 Å². The molecule has 4 rings (SSSR count). The number of ether oxygens (including phenoxy) is 3. The third-order valence-corrected chi connectivity index (χ3v) is 7.04. The largest absolute Gasteiger partial charge is 0.497 e. The van der Waals surface area contributed by atoms with Crippen molar-refractivity contribution in [3.63, 3.8) is 0 Å². The number of methoxy groups -OCH3 is 3. The molecule has 1 N–H and O–H groups in total. The molecule has 1 fully saturated rings. The fourth-order valence-corrected chi connectivity index (χ4v) is 4.74. The fraction of sp³-hybridized carbons (Fsp3) is 0.323. The zero-order chi connectivity index (χ0) is 31.9. The highest BCUT2D eigenvalue weighted by molar-refractivity contribution is 7.80. The van der Waals surface area contributed by atoms with Gasteiger partial charge in [0.15, 0.2) is 5.11 Å². The van der Waals surface area contributed by atoms with Crippen molar-refractivity contribution in [1.29, 1.82) is 0 Å². The number of carbonyl (C=O) groups excluding carboxylic acids is 3. The molecule has 0 saturated carbocycles. The minimum atomic E-state index is -0.567. The number of nitrogens with zero attached hydrogens (tertiary/aromatic N) is 3. The fourth-order valence-electron chi connectivity index (χ4n) is 4.13. The van der Waals surface area contributed by atoms with Gasteiger partial charge in [0.1, 0.15) is 23.4 Å². The maximum Gasteiger partial charge on any atom is 0.339 e. The second-order valence-electron chi connectivity index (χ2n) is 8.67. The first-order chi connectivity index (χ1) is 20.8. The molecule has 0 spiro atoms. The third-order valence-electron chi connectivity index (χ3n) is 6.30. The number of carbonyl (C=O) groups is 3. The maximum atomic E-state index is 13.1. The van der Waals surface area contributed by atoms with Crippen molar-refractivity contribution in [2.75, 3.05) is 38.1 Å². The van der Waals surface area contributed by atoms with Crippen LogP contribution < -0.4 is 19.7 Å². The number of anilines is 2. The number of halogens is 1. The highest BCUT2D eigenvalue weighted by Crippen LogP contribution is 2.30. The maximum absolute atomic E-state index is 13.1. The average Bonchev–Trinajstić information content (AvgIpc) is 3.29. The van der Waals surface area contributed by atoms with Gasteiger partial charge in [0.2, 0.25) is 6.41 Å². The number of nitrogens with one attached hydrogen (secondary N) is 1. The summed E-state index contributed by atoms with van der Waals surface area (Å²) in [6, 6.07) is 15.6. The number of rotatable bonds is 10. The highest BCUT2D eigenvalue weighted by Gasteiger charge is 2.42. The molecule has 0 radical (unpaired) electrons. The Kier molecular flexibility index (Phi) is 14.4. The topological polar surface area (TPSA) is 110 Å². The number of hydrogen-bond acceptors (Lipinski definition) is 8. The van der Waals surface area contributed by atoms with Crippen LogP contribution in [0.25, 0.3) is 0 Å². The van der Waals surface area contributed by atoms with Crippen LogP contribution in [0.15, 0.2) is 60.8 Å². The molecule has 1 aliphatic rings. The lowest BCUT2D eigenvalue weighted by Crippen LogP contribution is -2.36. The molecule has 1 aliphatic heterocycles. The molecule has 2 amide bonds. The summed E-state index contributed by atoms with van der Waals surface area (Å²) in [5.41, 5.74) is 1.82. The minimum absolute atomic E-state index is 0.115. The van der Waals surface area contributed by atoms with Crippen LogP contribution in [0.5, 0.6) is 11.5 Å². The number of aromatic nitrogens is 1. The monoisotopic (exact) mass is 628 g/mol. The van der Waals surface area contributed by atoms with Crippen molar-refractivity contribution in [3.8, 4) is 11.5 Å². The van der Waals surface area contributed by atoms with E-state index in [0.717, 1.165) is 17.7 Å². The van der Waals surface area contributed by atoms with Gasteiger partial charge in [-0.1, -0.05) is 44.5 Å². The van der Waals surface area contributed by atoms with Gasteiger partial charge in [-0.2, -0.15) is 0 Å². The molecule has 0 aliphatic carbocycles. The van der Waals surface area contributed by atoms with E-state index in [2.05, 4.69) is 10.3 Å². The smallest absolute Gasteiger partial charge is 0.339 e. The number of hydrogen-bond donors (Lipinski definition) is 1. The predicted molar refractivity (Wildman–Crippen MR) is 172 cm³/mol. The van der Waals surface area contributed by atoms with Gasteiger partial charge in [-0.3, -0.25) is 14.5 Å². The first-order valence-corrected chi connectivity index (χ1v) is 14.4. The van der Waals surface area contributed by atoms with Crippen LogP contribution in [-0.4, -0.2) is 67.2 Å². The Labute approximate surface area is 262 Å². The van der Waals surface area contributed by atoms with Crippen LogP contribution in [0.1, 0.15) is 43.1 Å². The number of esters is 1. The van der Waals surface area contributed by atoms with Crippen molar-refractivity contribution in [2.24, 2.45) is 0 Å². The van der Waals surface area contributed by atoms with Gasteiger partial charge in [-0.25, -0.2) is 9.78 Å². The first-order valence-electron chi connectivity index (χ1n) is 13.6. The number of amides is 2. The standard InChI is InChI=1S/C22H23ClN2O4S.C7H8N2O2.C2H6/c1-4-19-20(26)25(15-7-10-18(23)17(13-15)21(27)29-3)22(30)24(19)12-11-14-5-8-16(28-2)9-6-14;1-11-6-2-3-7(8-4-6)9-5-10;1-2/h5-10,13,19H,4,11-12H2,1-3H3;2-5H,1H3,(H,8,9,10);1-2H3. The summed E-state index contributed by atoms with van der Waals surface area (Å²) in [6.07, 6.45) is 3.46. The van der Waals surface area contributed by atoms with Crippen LogP contribution in [0.2, 0.25) is 5.02 Å². The Bertz CT molecular complexity index is 1370. The van der Waals surface area contributed by atoms with Crippen molar-refractivity contribution < 1.29 is 28.6 Å². The van der Waals surface area contributed by atoms with Gasteiger partial charge in [0, 0.05) is 6.54 Å². The van der Waals surface area contributed by atoms with E-state index in [1.165, 1.54) is 24.3 Å².